The van der Waals surface area contributed by atoms with Gasteiger partial charge in [0, 0.05) is 12.5 Å². The van der Waals surface area contributed by atoms with Crippen molar-refractivity contribution in [2.75, 3.05) is 0 Å². The summed E-state index contributed by atoms with van der Waals surface area (Å²) in [5.41, 5.74) is 0.885. The molecule has 0 amide bonds. The Bertz CT molecular complexity index is 569. The van der Waals surface area contributed by atoms with Crippen LogP contribution in [0.15, 0.2) is 40.8 Å². The Kier molecular flexibility index (Phi) is 5.33. The number of benzene rings is 1. The molecule has 2 rings (SSSR count). The maximum absolute atomic E-state index is 12.2. The van der Waals surface area contributed by atoms with Crippen LogP contribution in [0.4, 0.5) is 8.78 Å². The Labute approximate surface area is 122 Å². The van der Waals surface area contributed by atoms with Crippen molar-refractivity contribution in [2.24, 2.45) is 0 Å². The highest BCUT2D eigenvalue weighted by Crippen LogP contribution is 2.21. The van der Waals surface area contributed by atoms with Crippen LogP contribution in [-0.2, 0) is 13.0 Å². The number of hydrogen-bond donors (Lipinski definition) is 1. The van der Waals surface area contributed by atoms with Crippen LogP contribution in [0, 0.1) is 0 Å². The monoisotopic (exact) mass is 295 g/mol. The van der Waals surface area contributed by atoms with Gasteiger partial charge in [-0.1, -0.05) is 19.1 Å². The first kappa shape index (κ1) is 15.5. The van der Waals surface area contributed by atoms with Crippen molar-refractivity contribution in [1.82, 2.24) is 5.32 Å². The summed E-state index contributed by atoms with van der Waals surface area (Å²) in [7, 11) is 0. The predicted octanol–water partition coefficient (Wildman–Crippen LogP) is 4.29. The zero-order chi connectivity index (χ0) is 15.2. The molecule has 114 valence electrons. The number of nitrogens with one attached hydrogen (secondary N) is 1. The molecule has 0 spiro atoms. The fraction of sp³-hybridized carbons (Fsp3) is 0.375. The van der Waals surface area contributed by atoms with Gasteiger partial charge in [-0.15, -0.1) is 0 Å². The highest BCUT2D eigenvalue weighted by molar-refractivity contribution is 5.30. The standard InChI is InChI=1S/C16H19F2NO2/c1-3-13-7-8-15(20-13)10-19-11(2)12-5-4-6-14(9-12)21-16(17)18/h4-9,11,16,19H,3,10H2,1-2H3. The topological polar surface area (TPSA) is 34.4 Å². The maximum Gasteiger partial charge on any atom is 0.387 e. The van der Waals surface area contributed by atoms with E-state index in [0.717, 1.165) is 23.5 Å². The van der Waals surface area contributed by atoms with Gasteiger partial charge in [0.15, 0.2) is 0 Å². The zero-order valence-electron chi connectivity index (χ0n) is 12.1. The van der Waals surface area contributed by atoms with Crippen LogP contribution in [0.5, 0.6) is 5.75 Å². The minimum Gasteiger partial charge on any atom is -0.465 e. The van der Waals surface area contributed by atoms with E-state index in [1.165, 1.54) is 6.07 Å². The number of furan rings is 1. The van der Waals surface area contributed by atoms with Gasteiger partial charge in [0.1, 0.15) is 17.3 Å². The van der Waals surface area contributed by atoms with E-state index in [-0.39, 0.29) is 11.8 Å². The van der Waals surface area contributed by atoms with Gasteiger partial charge in [-0.2, -0.15) is 8.78 Å². The second kappa shape index (κ2) is 7.22. The number of ether oxygens (including phenoxy) is 1. The van der Waals surface area contributed by atoms with Crippen LogP contribution in [-0.4, -0.2) is 6.61 Å². The van der Waals surface area contributed by atoms with Gasteiger partial charge < -0.3 is 14.5 Å². The summed E-state index contributed by atoms with van der Waals surface area (Å²) < 4.78 is 34.4. The van der Waals surface area contributed by atoms with Crippen LogP contribution in [0.1, 0.15) is 37.0 Å². The fourth-order valence-corrected chi connectivity index (χ4v) is 2.04. The third-order valence-electron chi connectivity index (χ3n) is 3.23. The Hall–Kier alpha value is -1.88. The van der Waals surface area contributed by atoms with Gasteiger partial charge in [-0.05, 0) is 36.8 Å². The highest BCUT2D eigenvalue weighted by atomic mass is 19.3. The van der Waals surface area contributed by atoms with Gasteiger partial charge >= 0.3 is 6.61 Å². The predicted molar refractivity (Wildman–Crippen MR) is 76.4 cm³/mol. The molecular weight excluding hydrogens is 276 g/mol. The van der Waals surface area contributed by atoms with Crippen LogP contribution in [0.2, 0.25) is 0 Å². The summed E-state index contributed by atoms with van der Waals surface area (Å²) >= 11 is 0. The van der Waals surface area contributed by atoms with Crippen molar-refractivity contribution < 1.29 is 17.9 Å². The smallest absolute Gasteiger partial charge is 0.387 e. The van der Waals surface area contributed by atoms with Crippen molar-refractivity contribution in [3.05, 3.63) is 53.5 Å². The summed E-state index contributed by atoms with van der Waals surface area (Å²) in [6, 6.07) is 10.6. The lowest BCUT2D eigenvalue weighted by molar-refractivity contribution is -0.0499. The Balaban J connectivity index is 1.94. The number of alkyl halides is 2. The summed E-state index contributed by atoms with van der Waals surface area (Å²) in [6.07, 6.45) is 0.864. The minimum absolute atomic E-state index is 0.00130. The quantitative estimate of drug-likeness (QED) is 0.827. The summed E-state index contributed by atoms with van der Waals surface area (Å²) in [6.45, 7) is 1.78. The van der Waals surface area contributed by atoms with Crippen LogP contribution >= 0.6 is 0 Å². The third-order valence-corrected chi connectivity index (χ3v) is 3.23. The first-order valence-corrected chi connectivity index (χ1v) is 6.94. The molecule has 1 atom stereocenters. The van der Waals surface area contributed by atoms with Crippen LogP contribution in [0.25, 0.3) is 0 Å². The summed E-state index contributed by atoms with van der Waals surface area (Å²) in [5.74, 6) is 1.98. The molecule has 5 heteroatoms. The molecule has 0 aliphatic rings. The van der Waals surface area contributed by atoms with E-state index in [1.807, 2.05) is 32.0 Å². The van der Waals surface area contributed by atoms with Crippen LogP contribution in [0.3, 0.4) is 0 Å². The average Bonchev–Trinajstić information content (AvgIpc) is 2.92. The van der Waals surface area contributed by atoms with Gasteiger partial charge in [-0.25, -0.2) is 0 Å². The van der Waals surface area contributed by atoms with Crippen molar-refractivity contribution in [3.8, 4) is 5.75 Å². The Morgan fingerprint density at radius 2 is 1.95 bits per heavy atom. The van der Waals surface area contributed by atoms with Crippen molar-refractivity contribution in [3.63, 3.8) is 0 Å². The van der Waals surface area contributed by atoms with Gasteiger partial charge in [0.2, 0.25) is 0 Å². The van der Waals surface area contributed by atoms with E-state index in [1.54, 1.807) is 12.1 Å². The highest BCUT2D eigenvalue weighted by Gasteiger charge is 2.10. The molecule has 0 saturated heterocycles. The number of aryl methyl sites for hydroxylation is 1. The van der Waals surface area contributed by atoms with Crippen LogP contribution < -0.4 is 10.1 Å². The molecule has 2 aromatic rings. The average molecular weight is 295 g/mol. The first-order valence-electron chi connectivity index (χ1n) is 6.94. The second-order valence-corrected chi connectivity index (χ2v) is 4.78. The molecule has 3 nitrogen and oxygen atoms in total. The first-order chi connectivity index (χ1) is 10.1. The number of hydrogen-bond acceptors (Lipinski definition) is 3. The molecule has 1 N–H and O–H groups in total. The third kappa shape index (κ3) is 4.56. The maximum atomic E-state index is 12.2. The molecular formula is C16H19F2NO2. The summed E-state index contributed by atoms with van der Waals surface area (Å²) in [4.78, 5) is 0. The molecule has 0 fully saturated rings. The number of rotatable bonds is 7. The van der Waals surface area contributed by atoms with Gasteiger partial charge in [0.05, 0.1) is 6.54 Å². The van der Waals surface area contributed by atoms with E-state index in [0.29, 0.717) is 6.54 Å². The van der Waals surface area contributed by atoms with Crippen molar-refractivity contribution in [1.29, 1.82) is 0 Å². The molecule has 0 radical (unpaired) electrons. The van der Waals surface area contributed by atoms with E-state index < -0.39 is 6.61 Å². The van der Waals surface area contributed by atoms with Gasteiger partial charge in [0.25, 0.3) is 0 Å². The van der Waals surface area contributed by atoms with Gasteiger partial charge in [-0.3, -0.25) is 0 Å². The van der Waals surface area contributed by atoms with E-state index in [9.17, 15) is 8.78 Å². The molecule has 0 aliphatic heterocycles. The molecule has 0 saturated carbocycles. The number of halogens is 2. The lowest BCUT2D eigenvalue weighted by Crippen LogP contribution is -2.17. The minimum atomic E-state index is -2.81. The molecule has 1 aromatic carbocycles. The molecule has 1 unspecified atom stereocenters. The largest absolute Gasteiger partial charge is 0.465 e. The van der Waals surface area contributed by atoms with E-state index in [2.05, 4.69) is 10.1 Å². The van der Waals surface area contributed by atoms with E-state index >= 15 is 0 Å². The second-order valence-electron chi connectivity index (χ2n) is 4.78. The lowest BCUT2D eigenvalue weighted by Gasteiger charge is -2.14. The van der Waals surface area contributed by atoms with Crippen molar-refractivity contribution >= 4 is 0 Å². The lowest BCUT2D eigenvalue weighted by atomic mass is 10.1. The molecule has 0 bridgehead atoms. The Morgan fingerprint density at radius 3 is 2.62 bits per heavy atom. The fourth-order valence-electron chi connectivity index (χ4n) is 2.04. The molecule has 21 heavy (non-hydrogen) atoms. The van der Waals surface area contributed by atoms with E-state index in [4.69, 9.17) is 4.42 Å². The Morgan fingerprint density at radius 1 is 1.19 bits per heavy atom. The SMILES string of the molecule is CCc1ccc(CNC(C)c2cccc(OC(F)F)c2)o1. The normalized spacial score (nSPS) is 12.6. The molecule has 0 aliphatic carbocycles. The molecule has 1 heterocycles. The van der Waals surface area contributed by atoms with Crippen molar-refractivity contribution in [2.45, 2.75) is 39.5 Å². The molecule has 1 aromatic heterocycles. The summed E-state index contributed by atoms with van der Waals surface area (Å²) in [5, 5.41) is 3.30. The zero-order valence-corrected chi connectivity index (χ0v) is 12.1.